The van der Waals surface area contributed by atoms with Crippen LogP contribution in [0.2, 0.25) is 0 Å². The standard InChI is InChI=1S/C14H20FNO3/c1-10(2)16-14(3,13(17)18-4)9-19-12-8-6-5-7-11(12)15/h5-8,10,16H,9H2,1-4H3. The number of para-hydroxylation sites is 1. The van der Waals surface area contributed by atoms with E-state index in [1.165, 1.54) is 19.2 Å². The number of halogens is 1. The highest BCUT2D eigenvalue weighted by Gasteiger charge is 2.36. The predicted octanol–water partition coefficient (Wildman–Crippen LogP) is 2.13. The normalized spacial score (nSPS) is 14.0. The van der Waals surface area contributed by atoms with Gasteiger partial charge in [0.1, 0.15) is 12.1 Å². The Morgan fingerprint density at radius 2 is 2.05 bits per heavy atom. The van der Waals surface area contributed by atoms with Crippen LogP contribution in [-0.4, -0.2) is 31.3 Å². The first kappa shape index (κ1) is 15.4. The van der Waals surface area contributed by atoms with E-state index in [-0.39, 0.29) is 18.4 Å². The van der Waals surface area contributed by atoms with Crippen LogP contribution in [0.3, 0.4) is 0 Å². The van der Waals surface area contributed by atoms with Gasteiger partial charge in [-0.25, -0.2) is 9.18 Å². The molecule has 19 heavy (non-hydrogen) atoms. The van der Waals surface area contributed by atoms with E-state index in [9.17, 15) is 9.18 Å². The van der Waals surface area contributed by atoms with Crippen LogP contribution in [-0.2, 0) is 9.53 Å². The number of rotatable bonds is 6. The van der Waals surface area contributed by atoms with E-state index in [1.54, 1.807) is 19.1 Å². The molecule has 5 heteroatoms. The van der Waals surface area contributed by atoms with E-state index in [1.807, 2.05) is 13.8 Å². The topological polar surface area (TPSA) is 47.6 Å². The lowest BCUT2D eigenvalue weighted by molar-refractivity contribution is -0.149. The first-order chi connectivity index (χ1) is 8.89. The molecular formula is C14H20FNO3. The fraction of sp³-hybridized carbons (Fsp3) is 0.500. The van der Waals surface area contributed by atoms with Gasteiger partial charge in [0.2, 0.25) is 0 Å². The molecular weight excluding hydrogens is 249 g/mol. The van der Waals surface area contributed by atoms with Gasteiger partial charge in [-0.05, 0) is 32.9 Å². The first-order valence-electron chi connectivity index (χ1n) is 6.12. The maximum absolute atomic E-state index is 13.4. The van der Waals surface area contributed by atoms with Crippen LogP contribution >= 0.6 is 0 Å². The largest absolute Gasteiger partial charge is 0.488 e. The smallest absolute Gasteiger partial charge is 0.329 e. The molecule has 4 nitrogen and oxygen atoms in total. The van der Waals surface area contributed by atoms with Crippen molar-refractivity contribution in [1.29, 1.82) is 0 Å². The number of carbonyl (C=O) groups excluding carboxylic acids is 1. The number of benzene rings is 1. The molecule has 1 N–H and O–H groups in total. The number of hydrogen-bond donors (Lipinski definition) is 1. The summed E-state index contributed by atoms with van der Waals surface area (Å²) in [5, 5.41) is 3.07. The summed E-state index contributed by atoms with van der Waals surface area (Å²) < 4.78 is 23.6. The molecule has 0 aliphatic heterocycles. The van der Waals surface area contributed by atoms with Crippen LogP contribution < -0.4 is 10.1 Å². The third-order valence-electron chi connectivity index (χ3n) is 2.60. The zero-order valence-corrected chi connectivity index (χ0v) is 11.7. The maximum Gasteiger partial charge on any atom is 0.329 e. The summed E-state index contributed by atoms with van der Waals surface area (Å²) in [5.74, 6) is -0.792. The molecule has 0 aliphatic carbocycles. The molecule has 0 aromatic heterocycles. The lowest BCUT2D eigenvalue weighted by atomic mass is 10.0. The Labute approximate surface area is 112 Å². The van der Waals surface area contributed by atoms with Crippen molar-refractivity contribution in [2.75, 3.05) is 13.7 Å². The number of esters is 1. The van der Waals surface area contributed by atoms with Gasteiger partial charge < -0.3 is 9.47 Å². The van der Waals surface area contributed by atoms with Gasteiger partial charge in [-0.15, -0.1) is 0 Å². The molecule has 1 aromatic rings. The van der Waals surface area contributed by atoms with Crippen molar-refractivity contribution in [2.45, 2.75) is 32.4 Å². The van der Waals surface area contributed by atoms with E-state index in [2.05, 4.69) is 5.32 Å². The summed E-state index contributed by atoms with van der Waals surface area (Å²) in [6, 6.07) is 6.13. The third kappa shape index (κ3) is 4.21. The molecule has 0 fully saturated rings. The summed E-state index contributed by atoms with van der Waals surface area (Å²) in [4.78, 5) is 11.8. The molecule has 1 atom stereocenters. The predicted molar refractivity (Wildman–Crippen MR) is 70.6 cm³/mol. The molecule has 0 bridgehead atoms. The number of ether oxygens (including phenoxy) is 2. The highest BCUT2D eigenvalue weighted by molar-refractivity contribution is 5.80. The molecule has 1 unspecified atom stereocenters. The van der Waals surface area contributed by atoms with E-state index in [4.69, 9.17) is 9.47 Å². The first-order valence-corrected chi connectivity index (χ1v) is 6.12. The Kier molecular flexibility index (Phi) is 5.30. The van der Waals surface area contributed by atoms with Crippen molar-refractivity contribution >= 4 is 5.97 Å². The van der Waals surface area contributed by atoms with Gasteiger partial charge in [-0.2, -0.15) is 0 Å². The minimum absolute atomic E-state index is 0.0151. The van der Waals surface area contributed by atoms with E-state index < -0.39 is 17.3 Å². The quantitative estimate of drug-likeness (QED) is 0.804. The Morgan fingerprint density at radius 3 is 2.58 bits per heavy atom. The second-order valence-electron chi connectivity index (χ2n) is 4.84. The maximum atomic E-state index is 13.4. The van der Waals surface area contributed by atoms with E-state index in [0.29, 0.717) is 0 Å². The third-order valence-corrected chi connectivity index (χ3v) is 2.60. The van der Waals surface area contributed by atoms with Crippen molar-refractivity contribution in [3.63, 3.8) is 0 Å². The summed E-state index contributed by atoms with van der Waals surface area (Å²) >= 11 is 0. The van der Waals surface area contributed by atoms with Crippen LogP contribution in [0.15, 0.2) is 24.3 Å². The van der Waals surface area contributed by atoms with Crippen LogP contribution in [0.4, 0.5) is 4.39 Å². The summed E-state index contributed by atoms with van der Waals surface area (Å²) in [5.41, 5.74) is -1.02. The fourth-order valence-electron chi connectivity index (χ4n) is 1.81. The van der Waals surface area contributed by atoms with Gasteiger partial charge in [0, 0.05) is 6.04 Å². The van der Waals surface area contributed by atoms with E-state index in [0.717, 1.165) is 0 Å². The van der Waals surface area contributed by atoms with Gasteiger partial charge >= 0.3 is 5.97 Å². The highest BCUT2D eigenvalue weighted by Crippen LogP contribution is 2.18. The molecule has 0 heterocycles. The van der Waals surface area contributed by atoms with Gasteiger partial charge in [0.05, 0.1) is 7.11 Å². The van der Waals surface area contributed by atoms with Crippen LogP contribution in [0.5, 0.6) is 5.75 Å². The van der Waals surface area contributed by atoms with Crippen LogP contribution in [0.1, 0.15) is 20.8 Å². The summed E-state index contributed by atoms with van der Waals surface area (Å²) in [6.45, 7) is 5.47. The average molecular weight is 269 g/mol. The number of carbonyl (C=O) groups is 1. The molecule has 0 aliphatic rings. The zero-order valence-electron chi connectivity index (χ0n) is 11.7. The van der Waals surface area contributed by atoms with Crippen molar-refractivity contribution in [3.05, 3.63) is 30.1 Å². The van der Waals surface area contributed by atoms with Crippen molar-refractivity contribution in [3.8, 4) is 5.75 Å². The minimum Gasteiger partial charge on any atom is -0.488 e. The Bertz CT molecular complexity index is 436. The Hall–Kier alpha value is -1.62. The SMILES string of the molecule is COC(=O)C(C)(COc1ccccc1F)NC(C)C. The highest BCUT2D eigenvalue weighted by atomic mass is 19.1. The van der Waals surface area contributed by atoms with Gasteiger partial charge in [-0.3, -0.25) is 5.32 Å². The monoisotopic (exact) mass is 269 g/mol. The van der Waals surface area contributed by atoms with Crippen molar-refractivity contribution in [1.82, 2.24) is 5.32 Å². The van der Waals surface area contributed by atoms with Crippen molar-refractivity contribution < 1.29 is 18.7 Å². The minimum atomic E-state index is -1.02. The van der Waals surface area contributed by atoms with Crippen molar-refractivity contribution in [2.24, 2.45) is 0 Å². The Balaban J connectivity index is 2.79. The average Bonchev–Trinajstić information content (AvgIpc) is 2.36. The number of nitrogens with one attached hydrogen (secondary N) is 1. The second kappa shape index (κ2) is 6.52. The van der Waals surface area contributed by atoms with Gasteiger partial charge in [0.25, 0.3) is 0 Å². The van der Waals surface area contributed by atoms with Gasteiger partial charge in [-0.1, -0.05) is 12.1 Å². The molecule has 0 amide bonds. The molecule has 106 valence electrons. The lowest BCUT2D eigenvalue weighted by Gasteiger charge is -2.30. The zero-order chi connectivity index (χ0) is 14.5. The van der Waals surface area contributed by atoms with Crippen LogP contribution in [0, 0.1) is 5.82 Å². The molecule has 0 saturated heterocycles. The number of methoxy groups -OCH3 is 1. The second-order valence-corrected chi connectivity index (χ2v) is 4.84. The fourth-order valence-corrected chi connectivity index (χ4v) is 1.81. The number of hydrogen-bond acceptors (Lipinski definition) is 4. The molecule has 1 rings (SSSR count). The van der Waals surface area contributed by atoms with Crippen LogP contribution in [0.25, 0.3) is 0 Å². The summed E-state index contributed by atoms with van der Waals surface area (Å²) in [6.07, 6.45) is 0. The molecule has 1 aromatic carbocycles. The lowest BCUT2D eigenvalue weighted by Crippen LogP contribution is -2.56. The molecule has 0 spiro atoms. The molecule has 0 radical (unpaired) electrons. The van der Waals surface area contributed by atoms with Gasteiger partial charge in [0.15, 0.2) is 11.6 Å². The molecule has 0 saturated carbocycles. The Morgan fingerprint density at radius 1 is 1.42 bits per heavy atom. The summed E-state index contributed by atoms with van der Waals surface area (Å²) in [7, 11) is 1.31. The van der Waals surface area contributed by atoms with E-state index >= 15 is 0 Å².